The third kappa shape index (κ3) is 3.94. The Balaban J connectivity index is 1.52. The van der Waals surface area contributed by atoms with Gasteiger partial charge in [0.1, 0.15) is 12.4 Å². The molecule has 3 aromatic carbocycles. The third-order valence-corrected chi connectivity index (χ3v) is 5.75. The lowest BCUT2D eigenvalue weighted by atomic mass is 10.1. The minimum absolute atomic E-state index is 0.00459. The number of carbonyl (C=O) groups excluding carboxylic acids is 3. The van der Waals surface area contributed by atoms with Crippen molar-refractivity contribution in [1.29, 1.82) is 0 Å². The van der Waals surface area contributed by atoms with Gasteiger partial charge in [-0.05, 0) is 41.4 Å². The standard InChI is InChI=1S/C22H14ClFN2O3S/c23-16-8-4-9-17(24)15(16)11-19-21(28)26(22(29)30-19)12-20(27)25-18-10-3-6-13-5-1-2-7-14(13)18/h1-11H,12H2,(H,25,27)/b19-11-. The van der Waals surface area contributed by atoms with E-state index in [1.165, 1.54) is 24.3 Å². The smallest absolute Gasteiger partial charge is 0.294 e. The molecule has 1 heterocycles. The number of halogens is 2. The number of nitrogens with zero attached hydrogens (tertiary/aromatic N) is 1. The normalized spacial score (nSPS) is 15.3. The molecule has 0 radical (unpaired) electrons. The number of benzene rings is 3. The van der Waals surface area contributed by atoms with Gasteiger partial charge in [0.15, 0.2) is 0 Å². The molecule has 150 valence electrons. The summed E-state index contributed by atoms with van der Waals surface area (Å²) in [7, 11) is 0. The Bertz CT molecular complexity index is 1200. The predicted octanol–water partition coefficient (Wildman–Crippen LogP) is 5.31. The van der Waals surface area contributed by atoms with Crippen molar-refractivity contribution in [2.24, 2.45) is 0 Å². The topological polar surface area (TPSA) is 66.5 Å². The van der Waals surface area contributed by atoms with Gasteiger partial charge in [0.25, 0.3) is 11.1 Å². The zero-order valence-corrected chi connectivity index (χ0v) is 17.0. The first kappa shape index (κ1) is 20.1. The SMILES string of the molecule is O=C(CN1C(=O)S/C(=C\c2c(F)cccc2Cl)C1=O)Nc1cccc2ccccc12. The fourth-order valence-corrected chi connectivity index (χ4v) is 4.12. The van der Waals surface area contributed by atoms with Crippen LogP contribution in [0.25, 0.3) is 16.8 Å². The van der Waals surface area contributed by atoms with E-state index in [2.05, 4.69) is 5.32 Å². The lowest BCUT2D eigenvalue weighted by Crippen LogP contribution is -2.36. The summed E-state index contributed by atoms with van der Waals surface area (Å²) in [5.41, 5.74) is 0.601. The molecule has 5 nitrogen and oxygen atoms in total. The van der Waals surface area contributed by atoms with Crippen molar-refractivity contribution in [3.8, 4) is 0 Å². The zero-order chi connectivity index (χ0) is 21.3. The van der Waals surface area contributed by atoms with Gasteiger partial charge in [-0.3, -0.25) is 19.3 Å². The molecule has 0 saturated carbocycles. The maximum Gasteiger partial charge on any atom is 0.294 e. The maximum atomic E-state index is 14.0. The second-order valence-electron chi connectivity index (χ2n) is 6.48. The molecule has 0 spiro atoms. The van der Waals surface area contributed by atoms with Crippen LogP contribution in [0.15, 0.2) is 65.6 Å². The summed E-state index contributed by atoms with van der Waals surface area (Å²) in [6, 6.07) is 17.1. The van der Waals surface area contributed by atoms with Crippen LogP contribution in [0.1, 0.15) is 5.56 Å². The van der Waals surface area contributed by atoms with Crippen LogP contribution in [0.3, 0.4) is 0 Å². The van der Waals surface area contributed by atoms with Crippen molar-refractivity contribution in [3.63, 3.8) is 0 Å². The van der Waals surface area contributed by atoms with E-state index >= 15 is 0 Å². The number of carbonyl (C=O) groups is 3. The molecule has 0 bridgehead atoms. The Morgan fingerprint density at radius 1 is 1.07 bits per heavy atom. The average molecular weight is 441 g/mol. The van der Waals surface area contributed by atoms with E-state index in [0.717, 1.165) is 15.7 Å². The third-order valence-electron chi connectivity index (χ3n) is 4.51. The lowest BCUT2D eigenvalue weighted by Gasteiger charge is -2.13. The first-order chi connectivity index (χ1) is 14.4. The molecule has 0 aliphatic carbocycles. The van der Waals surface area contributed by atoms with E-state index in [4.69, 9.17) is 11.6 Å². The summed E-state index contributed by atoms with van der Waals surface area (Å²) < 4.78 is 14.0. The predicted molar refractivity (Wildman–Crippen MR) is 117 cm³/mol. The number of hydrogen-bond acceptors (Lipinski definition) is 4. The highest BCUT2D eigenvalue weighted by molar-refractivity contribution is 8.18. The van der Waals surface area contributed by atoms with Crippen molar-refractivity contribution in [3.05, 3.63) is 82.0 Å². The molecule has 30 heavy (non-hydrogen) atoms. The molecule has 1 N–H and O–H groups in total. The molecule has 1 aliphatic heterocycles. The molecule has 0 unspecified atom stereocenters. The summed E-state index contributed by atoms with van der Waals surface area (Å²) in [4.78, 5) is 38.2. The number of rotatable bonds is 4. The molecular weight excluding hydrogens is 427 g/mol. The number of fused-ring (bicyclic) bond motifs is 1. The van der Waals surface area contributed by atoms with Gasteiger partial charge in [-0.25, -0.2) is 4.39 Å². The lowest BCUT2D eigenvalue weighted by molar-refractivity contribution is -0.127. The fourth-order valence-electron chi connectivity index (χ4n) is 3.08. The highest BCUT2D eigenvalue weighted by Gasteiger charge is 2.36. The van der Waals surface area contributed by atoms with Crippen LogP contribution < -0.4 is 5.32 Å². The Morgan fingerprint density at radius 3 is 2.60 bits per heavy atom. The molecule has 4 rings (SSSR count). The van der Waals surface area contributed by atoms with Crippen LogP contribution in [-0.2, 0) is 9.59 Å². The number of imide groups is 1. The monoisotopic (exact) mass is 440 g/mol. The first-order valence-corrected chi connectivity index (χ1v) is 10.1. The Morgan fingerprint density at radius 2 is 1.80 bits per heavy atom. The van der Waals surface area contributed by atoms with E-state index in [1.807, 2.05) is 30.3 Å². The second-order valence-corrected chi connectivity index (χ2v) is 7.88. The quantitative estimate of drug-likeness (QED) is 0.558. The summed E-state index contributed by atoms with van der Waals surface area (Å²) in [6.07, 6.45) is 1.23. The highest BCUT2D eigenvalue weighted by Crippen LogP contribution is 2.34. The highest BCUT2D eigenvalue weighted by atomic mass is 35.5. The van der Waals surface area contributed by atoms with E-state index in [1.54, 1.807) is 12.1 Å². The molecule has 1 saturated heterocycles. The minimum Gasteiger partial charge on any atom is -0.324 e. The van der Waals surface area contributed by atoms with Gasteiger partial charge in [-0.15, -0.1) is 0 Å². The largest absolute Gasteiger partial charge is 0.324 e. The Labute approximate surface area is 180 Å². The van der Waals surface area contributed by atoms with Gasteiger partial charge in [-0.2, -0.15) is 0 Å². The minimum atomic E-state index is -0.669. The number of anilines is 1. The van der Waals surface area contributed by atoms with Gasteiger partial charge in [-0.1, -0.05) is 54.1 Å². The summed E-state index contributed by atoms with van der Waals surface area (Å²) in [5.74, 6) is -1.79. The fraction of sp³-hybridized carbons (Fsp3) is 0.0455. The zero-order valence-electron chi connectivity index (χ0n) is 15.4. The van der Waals surface area contributed by atoms with Crippen LogP contribution in [0.4, 0.5) is 14.9 Å². The summed E-state index contributed by atoms with van der Waals surface area (Å²) in [5, 5.41) is 4.05. The van der Waals surface area contributed by atoms with Crippen LogP contribution in [-0.4, -0.2) is 28.5 Å². The van der Waals surface area contributed by atoms with Crippen LogP contribution in [0.5, 0.6) is 0 Å². The van der Waals surface area contributed by atoms with Crippen molar-refractivity contribution in [2.45, 2.75) is 0 Å². The number of hydrogen-bond donors (Lipinski definition) is 1. The van der Waals surface area contributed by atoms with Gasteiger partial charge < -0.3 is 5.32 Å². The van der Waals surface area contributed by atoms with E-state index in [-0.39, 0.29) is 15.5 Å². The molecule has 3 aromatic rings. The molecule has 3 amide bonds. The molecule has 8 heteroatoms. The van der Waals surface area contributed by atoms with Gasteiger partial charge in [0.2, 0.25) is 5.91 Å². The maximum absolute atomic E-state index is 14.0. The van der Waals surface area contributed by atoms with Gasteiger partial charge in [0, 0.05) is 16.6 Å². The average Bonchev–Trinajstić information content (AvgIpc) is 2.98. The molecule has 0 atom stereocenters. The Kier molecular flexibility index (Phi) is 5.57. The molecular formula is C22H14ClFN2O3S. The summed E-state index contributed by atoms with van der Waals surface area (Å²) >= 11 is 6.62. The van der Waals surface area contributed by atoms with Crippen molar-refractivity contribution in [1.82, 2.24) is 4.90 Å². The van der Waals surface area contributed by atoms with Gasteiger partial charge >= 0.3 is 0 Å². The number of thioether (sulfide) groups is 1. The van der Waals surface area contributed by atoms with Gasteiger partial charge in [0.05, 0.1) is 9.93 Å². The van der Waals surface area contributed by atoms with E-state index in [9.17, 15) is 18.8 Å². The molecule has 1 fully saturated rings. The number of amides is 3. The van der Waals surface area contributed by atoms with Crippen molar-refractivity contribution >= 4 is 63.0 Å². The van der Waals surface area contributed by atoms with Crippen molar-refractivity contribution in [2.75, 3.05) is 11.9 Å². The van der Waals surface area contributed by atoms with Crippen LogP contribution >= 0.6 is 23.4 Å². The van der Waals surface area contributed by atoms with Crippen LogP contribution in [0, 0.1) is 5.82 Å². The summed E-state index contributed by atoms with van der Waals surface area (Å²) in [6.45, 7) is -0.448. The molecule has 0 aromatic heterocycles. The van der Waals surface area contributed by atoms with Crippen molar-refractivity contribution < 1.29 is 18.8 Å². The Hall–Kier alpha value is -3.16. The first-order valence-electron chi connectivity index (χ1n) is 8.91. The van der Waals surface area contributed by atoms with E-state index < -0.39 is 29.4 Å². The second kappa shape index (κ2) is 8.30. The van der Waals surface area contributed by atoms with E-state index in [0.29, 0.717) is 17.4 Å². The van der Waals surface area contributed by atoms with Crippen LogP contribution in [0.2, 0.25) is 5.02 Å². The molecule has 1 aliphatic rings. The number of nitrogens with one attached hydrogen (secondary N) is 1.